The summed E-state index contributed by atoms with van der Waals surface area (Å²) in [5, 5.41) is 1.04. The maximum atomic E-state index is 12.9. The van der Waals surface area contributed by atoms with Crippen molar-refractivity contribution in [3.05, 3.63) is 48.4 Å². The molecule has 0 aliphatic carbocycles. The van der Waals surface area contributed by atoms with Crippen molar-refractivity contribution in [3.63, 3.8) is 0 Å². The number of nitrogens with zero attached hydrogens (tertiary/aromatic N) is 4. The molecule has 3 heterocycles. The van der Waals surface area contributed by atoms with Crippen LogP contribution < -0.4 is 9.64 Å². The predicted molar refractivity (Wildman–Crippen MR) is 107 cm³/mol. The van der Waals surface area contributed by atoms with Crippen molar-refractivity contribution in [1.82, 2.24) is 14.5 Å². The van der Waals surface area contributed by atoms with Crippen molar-refractivity contribution < 1.29 is 22.6 Å². The van der Waals surface area contributed by atoms with Gasteiger partial charge in [0.2, 0.25) is 5.95 Å². The average molecular weight is 420 g/mol. The largest absolute Gasteiger partial charge is 0.490 e. The highest BCUT2D eigenvalue weighted by atomic mass is 19.4. The zero-order chi connectivity index (χ0) is 21.1. The lowest BCUT2D eigenvalue weighted by Gasteiger charge is -2.32. The van der Waals surface area contributed by atoms with Gasteiger partial charge in [-0.05, 0) is 24.3 Å². The second-order valence-electron chi connectivity index (χ2n) is 7.23. The maximum absolute atomic E-state index is 12.9. The van der Waals surface area contributed by atoms with Crippen LogP contribution in [0.2, 0.25) is 0 Å². The molecule has 1 aromatic carbocycles. The molecular formula is C21H23F3N4O2. The minimum Gasteiger partial charge on any atom is -0.490 e. The lowest BCUT2D eigenvalue weighted by atomic mass is 10.1. The van der Waals surface area contributed by atoms with Crippen LogP contribution in [0.4, 0.5) is 19.1 Å². The molecule has 0 saturated carbocycles. The topological polar surface area (TPSA) is 52.4 Å². The first-order valence-electron chi connectivity index (χ1n) is 9.84. The lowest BCUT2D eigenvalue weighted by Crippen LogP contribution is -2.39. The second kappa shape index (κ2) is 8.51. The number of anilines is 1. The summed E-state index contributed by atoms with van der Waals surface area (Å²) in [6.07, 6.45) is 0.0466. The zero-order valence-corrected chi connectivity index (χ0v) is 16.6. The van der Waals surface area contributed by atoms with Crippen LogP contribution in [0.15, 0.2) is 42.7 Å². The van der Waals surface area contributed by atoms with Gasteiger partial charge in [0.15, 0.2) is 0 Å². The van der Waals surface area contributed by atoms with Gasteiger partial charge in [0.05, 0.1) is 12.1 Å². The molecule has 3 aromatic rings. The van der Waals surface area contributed by atoms with Gasteiger partial charge < -0.3 is 18.9 Å². The fourth-order valence-corrected chi connectivity index (χ4v) is 3.69. The molecule has 0 amide bonds. The smallest absolute Gasteiger partial charge is 0.433 e. The molecule has 0 spiro atoms. The summed E-state index contributed by atoms with van der Waals surface area (Å²) < 4.78 is 52.2. The summed E-state index contributed by atoms with van der Waals surface area (Å²) in [5.41, 5.74) is 0.162. The summed E-state index contributed by atoms with van der Waals surface area (Å²) in [6, 6.07) is 8.88. The first-order valence-corrected chi connectivity index (χ1v) is 9.84. The highest BCUT2D eigenvalue weighted by Crippen LogP contribution is 2.31. The molecule has 0 radical (unpaired) electrons. The van der Waals surface area contributed by atoms with E-state index in [1.54, 1.807) is 12.0 Å². The van der Waals surface area contributed by atoms with Gasteiger partial charge in [-0.2, -0.15) is 13.2 Å². The number of alkyl halides is 3. The molecule has 0 atom stereocenters. The molecule has 30 heavy (non-hydrogen) atoms. The Hall–Kier alpha value is -2.81. The van der Waals surface area contributed by atoms with Gasteiger partial charge >= 0.3 is 6.18 Å². The lowest BCUT2D eigenvalue weighted by molar-refractivity contribution is -0.141. The Balaban J connectivity index is 1.41. The van der Waals surface area contributed by atoms with E-state index in [0.717, 1.165) is 35.5 Å². The van der Waals surface area contributed by atoms with Crippen LogP contribution in [0.3, 0.4) is 0 Å². The number of methoxy groups -OCH3 is 1. The summed E-state index contributed by atoms with van der Waals surface area (Å²) in [7, 11) is 1.68. The molecule has 1 aliphatic rings. The molecule has 0 bridgehead atoms. The van der Waals surface area contributed by atoms with Gasteiger partial charge in [0.25, 0.3) is 0 Å². The Bertz CT molecular complexity index is 997. The fourth-order valence-electron chi connectivity index (χ4n) is 3.69. The Labute approximate surface area is 172 Å². The van der Waals surface area contributed by atoms with E-state index in [0.29, 0.717) is 32.5 Å². The molecule has 0 N–H and O–H groups in total. The Morgan fingerprint density at radius 2 is 1.93 bits per heavy atom. The van der Waals surface area contributed by atoms with Crippen LogP contribution >= 0.6 is 0 Å². The van der Waals surface area contributed by atoms with E-state index in [2.05, 4.69) is 14.5 Å². The standard InChI is InChI=1S/C21H23F3N4O2/c1-29-14-13-27-12-8-16-17(27)3-2-4-18(16)30-15-6-10-28(11-7-15)20-25-9-5-19(26-20)21(22,23)24/h2-5,8-9,12,15H,6-7,10-11,13-14H2,1H3. The van der Waals surface area contributed by atoms with Crippen LogP contribution in [-0.4, -0.2) is 47.4 Å². The van der Waals surface area contributed by atoms with Gasteiger partial charge in [-0.1, -0.05) is 6.07 Å². The Morgan fingerprint density at radius 3 is 2.67 bits per heavy atom. The molecule has 6 nitrogen and oxygen atoms in total. The number of hydrogen-bond acceptors (Lipinski definition) is 5. The third-order valence-electron chi connectivity index (χ3n) is 5.26. The number of fused-ring (bicyclic) bond motifs is 1. The van der Waals surface area contributed by atoms with E-state index in [1.807, 2.05) is 30.5 Å². The summed E-state index contributed by atoms with van der Waals surface area (Å²) in [4.78, 5) is 9.47. The first kappa shape index (κ1) is 20.5. The Kier molecular flexibility index (Phi) is 5.80. The van der Waals surface area contributed by atoms with Crippen molar-refractivity contribution in [1.29, 1.82) is 0 Å². The van der Waals surface area contributed by atoms with Crippen LogP contribution in [-0.2, 0) is 17.5 Å². The van der Waals surface area contributed by atoms with Crippen LogP contribution in [0.1, 0.15) is 18.5 Å². The number of rotatable bonds is 6. The zero-order valence-electron chi connectivity index (χ0n) is 16.6. The van der Waals surface area contributed by atoms with Crippen molar-refractivity contribution in [2.24, 2.45) is 0 Å². The van der Waals surface area contributed by atoms with E-state index < -0.39 is 11.9 Å². The number of halogens is 3. The molecule has 1 saturated heterocycles. The van der Waals surface area contributed by atoms with Gasteiger partial charge in [0, 0.05) is 57.4 Å². The minimum atomic E-state index is -4.47. The van der Waals surface area contributed by atoms with E-state index >= 15 is 0 Å². The molecule has 0 unspecified atom stereocenters. The highest BCUT2D eigenvalue weighted by Gasteiger charge is 2.33. The van der Waals surface area contributed by atoms with Crippen molar-refractivity contribution >= 4 is 16.9 Å². The van der Waals surface area contributed by atoms with E-state index in [4.69, 9.17) is 9.47 Å². The van der Waals surface area contributed by atoms with Crippen LogP contribution in [0, 0.1) is 0 Å². The van der Waals surface area contributed by atoms with Gasteiger partial charge in [-0.3, -0.25) is 0 Å². The monoisotopic (exact) mass is 420 g/mol. The summed E-state index contributed by atoms with van der Waals surface area (Å²) in [6.45, 7) is 2.47. The first-order chi connectivity index (χ1) is 14.5. The summed E-state index contributed by atoms with van der Waals surface area (Å²) >= 11 is 0. The SMILES string of the molecule is COCCn1ccc2c(OC3CCN(c4nccc(C(F)(F)F)n4)CC3)cccc21. The molecule has 9 heteroatoms. The minimum absolute atomic E-state index is 0.0139. The van der Waals surface area contributed by atoms with Crippen LogP contribution in [0.25, 0.3) is 10.9 Å². The molecule has 1 aliphatic heterocycles. The highest BCUT2D eigenvalue weighted by molar-refractivity contribution is 5.86. The average Bonchev–Trinajstić information content (AvgIpc) is 3.16. The maximum Gasteiger partial charge on any atom is 0.433 e. The quantitative estimate of drug-likeness (QED) is 0.600. The van der Waals surface area contributed by atoms with Gasteiger partial charge in [-0.25, -0.2) is 9.97 Å². The number of hydrogen-bond donors (Lipinski definition) is 0. The van der Waals surface area contributed by atoms with E-state index in [-0.39, 0.29) is 12.1 Å². The van der Waals surface area contributed by atoms with E-state index in [1.165, 1.54) is 0 Å². The van der Waals surface area contributed by atoms with Gasteiger partial charge in [0.1, 0.15) is 17.5 Å². The van der Waals surface area contributed by atoms with Crippen molar-refractivity contribution in [2.75, 3.05) is 31.7 Å². The third kappa shape index (κ3) is 4.35. The van der Waals surface area contributed by atoms with Crippen LogP contribution in [0.5, 0.6) is 5.75 Å². The Morgan fingerprint density at radius 1 is 1.13 bits per heavy atom. The third-order valence-corrected chi connectivity index (χ3v) is 5.26. The number of benzene rings is 1. The molecule has 2 aromatic heterocycles. The van der Waals surface area contributed by atoms with Gasteiger partial charge in [-0.15, -0.1) is 0 Å². The normalized spacial score (nSPS) is 15.7. The molecule has 1 fully saturated rings. The molecule has 4 rings (SSSR count). The fraction of sp³-hybridized carbons (Fsp3) is 0.429. The molecular weight excluding hydrogens is 397 g/mol. The number of piperidine rings is 1. The summed E-state index contributed by atoms with van der Waals surface area (Å²) in [5.74, 6) is 0.929. The van der Waals surface area contributed by atoms with Crippen molar-refractivity contribution in [3.8, 4) is 5.75 Å². The predicted octanol–water partition coefficient (Wildman–Crippen LogP) is 4.14. The molecule has 160 valence electrons. The van der Waals surface area contributed by atoms with Crippen molar-refractivity contribution in [2.45, 2.75) is 31.7 Å². The number of ether oxygens (including phenoxy) is 2. The number of aromatic nitrogens is 3. The second-order valence-corrected chi connectivity index (χ2v) is 7.23. The van der Waals surface area contributed by atoms with E-state index in [9.17, 15) is 13.2 Å².